The number of para-hydroxylation sites is 1. The van der Waals surface area contributed by atoms with Gasteiger partial charge in [-0.15, -0.1) is 0 Å². The van der Waals surface area contributed by atoms with E-state index in [-0.39, 0.29) is 0 Å². The molecule has 2 aliphatic heterocycles. The predicted molar refractivity (Wildman–Crippen MR) is 115 cm³/mol. The van der Waals surface area contributed by atoms with Crippen LogP contribution in [-0.2, 0) is 4.74 Å². The van der Waals surface area contributed by atoms with E-state index in [0.29, 0.717) is 6.04 Å². The molecule has 0 N–H and O–H groups in total. The number of nitrogens with zero attached hydrogens (tertiary/aromatic N) is 5. The minimum absolute atomic E-state index is 0.684. The Bertz CT molecular complexity index is 976. The van der Waals surface area contributed by atoms with Gasteiger partial charge in [0.05, 0.1) is 18.7 Å². The Morgan fingerprint density at radius 3 is 2.48 bits per heavy atom. The number of aryl methyl sites for hydroxylation is 1. The summed E-state index contributed by atoms with van der Waals surface area (Å²) in [5.41, 5.74) is 2.94. The number of morpholine rings is 1. The molecule has 6 heteroatoms. The highest BCUT2D eigenvalue weighted by molar-refractivity contribution is 5.82. The third kappa shape index (κ3) is 3.82. The lowest BCUT2D eigenvalue weighted by atomic mass is 10.0. The fourth-order valence-corrected chi connectivity index (χ4v) is 4.47. The van der Waals surface area contributed by atoms with Gasteiger partial charge in [-0.25, -0.2) is 15.0 Å². The number of aromatic nitrogens is 3. The molecule has 3 aromatic rings. The maximum atomic E-state index is 5.49. The van der Waals surface area contributed by atoms with Crippen LogP contribution in [0.2, 0.25) is 0 Å². The lowest BCUT2D eigenvalue weighted by Crippen LogP contribution is -2.49. The molecule has 2 aliphatic rings. The van der Waals surface area contributed by atoms with Crippen LogP contribution in [0.4, 0.5) is 5.82 Å². The second-order valence-electron chi connectivity index (χ2n) is 7.92. The first kappa shape index (κ1) is 18.5. The monoisotopic (exact) mass is 389 g/mol. The maximum absolute atomic E-state index is 5.49. The first-order valence-corrected chi connectivity index (χ1v) is 10.5. The average Bonchev–Trinajstić information content (AvgIpc) is 2.80. The molecule has 150 valence electrons. The molecule has 2 fully saturated rings. The topological polar surface area (TPSA) is 54.4 Å². The second kappa shape index (κ2) is 8.05. The zero-order chi connectivity index (χ0) is 19.6. The normalized spacial score (nSPS) is 19.0. The summed E-state index contributed by atoms with van der Waals surface area (Å²) in [5, 5.41) is 1.10. The molecule has 0 radical (unpaired) electrons. The Kier molecular flexibility index (Phi) is 5.12. The van der Waals surface area contributed by atoms with E-state index in [4.69, 9.17) is 19.7 Å². The minimum atomic E-state index is 0.684. The number of pyridine rings is 1. The third-order valence-corrected chi connectivity index (χ3v) is 6.15. The highest BCUT2D eigenvalue weighted by Gasteiger charge is 2.26. The van der Waals surface area contributed by atoms with Crippen LogP contribution in [0.1, 0.15) is 18.5 Å². The lowest BCUT2D eigenvalue weighted by Gasteiger charge is -2.40. The van der Waals surface area contributed by atoms with E-state index in [9.17, 15) is 0 Å². The quantitative estimate of drug-likeness (QED) is 0.685. The molecule has 0 saturated carbocycles. The third-order valence-electron chi connectivity index (χ3n) is 6.15. The van der Waals surface area contributed by atoms with Gasteiger partial charge in [-0.1, -0.05) is 18.2 Å². The number of ether oxygens (including phenoxy) is 1. The molecular formula is C23H27N5O. The molecule has 2 saturated heterocycles. The molecule has 0 unspecified atom stereocenters. The summed E-state index contributed by atoms with van der Waals surface area (Å²) in [6.45, 7) is 8.04. The smallest absolute Gasteiger partial charge is 0.161 e. The van der Waals surface area contributed by atoms with Crippen LogP contribution in [0.25, 0.3) is 22.3 Å². The fraction of sp³-hybridized carbons (Fsp3) is 0.435. The molecule has 0 bridgehead atoms. The van der Waals surface area contributed by atoms with Crippen molar-refractivity contribution in [3.05, 3.63) is 48.3 Å². The largest absolute Gasteiger partial charge is 0.379 e. The zero-order valence-corrected chi connectivity index (χ0v) is 16.9. The Morgan fingerprint density at radius 2 is 1.72 bits per heavy atom. The van der Waals surface area contributed by atoms with Gasteiger partial charge < -0.3 is 9.64 Å². The molecule has 4 heterocycles. The molecule has 1 aromatic carbocycles. The van der Waals surface area contributed by atoms with Crippen LogP contribution in [0.5, 0.6) is 0 Å². The van der Waals surface area contributed by atoms with Crippen molar-refractivity contribution in [3.63, 3.8) is 0 Å². The van der Waals surface area contributed by atoms with Gasteiger partial charge in [0, 0.05) is 55.1 Å². The fourth-order valence-electron chi connectivity index (χ4n) is 4.47. The van der Waals surface area contributed by atoms with Gasteiger partial charge in [0.1, 0.15) is 5.82 Å². The molecule has 2 aromatic heterocycles. The Balaban J connectivity index is 1.28. The van der Waals surface area contributed by atoms with Gasteiger partial charge in [0.2, 0.25) is 0 Å². The van der Waals surface area contributed by atoms with Crippen molar-refractivity contribution in [3.8, 4) is 11.4 Å². The molecule has 0 atom stereocenters. The summed E-state index contributed by atoms with van der Waals surface area (Å²) < 4.78 is 5.49. The standard InChI is InChI=1S/C23H27N5O/c1-17-20-4-2-3-5-21(20)26-23(25-17)18-6-7-22(24-16-18)28-10-8-19(9-11-28)27-12-14-29-15-13-27/h2-7,16,19H,8-15H2,1H3. The molecule has 6 nitrogen and oxygen atoms in total. The van der Waals surface area contributed by atoms with Crippen molar-refractivity contribution < 1.29 is 4.74 Å². The molecule has 5 rings (SSSR count). The van der Waals surface area contributed by atoms with Crippen molar-refractivity contribution in [1.29, 1.82) is 0 Å². The number of hydrogen-bond donors (Lipinski definition) is 0. The van der Waals surface area contributed by atoms with Crippen LogP contribution >= 0.6 is 0 Å². The summed E-state index contributed by atoms with van der Waals surface area (Å²) in [5.74, 6) is 1.79. The van der Waals surface area contributed by atoms with Gasteiger partial charge in [0.25, 0.3) is 0 Å². The molecule has 0 amide bonds. The summed E-state index contributed by atoms with van der Waals surface area (Å²) in [4.78, 5) is 19.2. The van der Waals surface area contributed by atoms with Crippen molar-refractivity contribution in [2.75, 3.05) is 44.3 Å². The zero-order valence-electron chi connectivity index (χ0n) is 16.9. The van der Waals surface area contributed by atoms with E-state index < -0.39 is 0 Å². The van der Waals surface area contributed by atoms with E-state index in [1.165, 1.54) is 12.8 Å². The van der Waals surface area contributed by atoms with Gasteiger partial charge in [-0.3, -0.25) is 4.90 Å². The highest BCUT2D eigenvalue weighted by Crippen LogP contribution is 2.25. The van der Waals surface area contributed by atoms with E-state index in [0.717, 1.165) is 73.2 Å². The maximum Gasteiger partial charge on any atom is 0.161 e. The first-order chi connectivity index (χ1) is 14.3. The first-order valence-electron chi connectivity index (χ1n) is 10.5. The number of fused-ring (bicyclic) bond motifs is 1. The van der Waals surface area contributed by atoms with Crippen molar-refractivity contribution in [2.24, 2.45) is 0 Å². The van der Waals surface area contributed by atoms with Gasteiger partial charge in [-0.05, 0) is 38.0 Å². The molecule has 29 heavy (non-hydrogen) atoms. The van der Waals surface area contributed by atoms with Crippen molar-refractivity contribution in [1.82, 2.24) is 19.9 Å². The summed E-state index contributed by atoms with van der Waals surface area (Å²) in [7, 11) is 0. The van der Waals surface area contributed by atoms with Crippen molar-refractivity contribution in [2.45, 2.75) is 25.8 Å². The second-order valence-corrected chi connectivity index (χ2v) is 7.92. The van der Waals surface area contributed by atoms with E-state index in [1.807, 2.05) is 31.3 Å². The number of anilines is 1. The highest BCUT2D eigenvalue weighted by atomic mass is 16.5. The van der Waals surface area contributed by atoms with Crippen LogP contribution in [-0.4, -0.2) is 65.3 Å². The summed E-state index contributed by atoms with van der Waals surface area (Å²) in [6, 6.07) is 13.0. The van der Waals surface area contributed by atoms with Crippen LogP contribution in [0.3, 0.4) is 0 Å². The Hall–Kier alpha value is -2.57. The summed E-state index contributed by atoms with van der Waals surface area (Å²) >= 11 is 0. The molecular weight excluding hydrogens is 362 g/mol. The number of rotatable bonds is 3. The number of hydrogen-bond acceptors (Lipinski definition) is 6. The van der Waals surface area contributed by atoms with Crippen LogP contribution in [0.15, 0.2) is 42.6 Å². The van der Waals surface area contributed by atoms with E-state index in [2.05, 4.69) is 28.0 Å². The number of benzene rings is 1. The Morgan fingerprint density at radius 1 is 0.931 bits per heavy atom. The number of piperidine rings is 1. The molecule has 0 aliphatic carbocycles. The van der Waals surface area contributed by atoms with E-state index in [1.54, 1.807) is 0 Å². The Labute approximate surface area is 171 Å². The summed E-state index contributed by atoms with van der Waals surface area (Å²) in [6.07, 6.45) is 4.29. The van der Waals surface area contributed by atoms with Gasteiger partial charge in [0.15, 0.2) is 5.82 Å². The van der Waals surface area contributed by atoms with Gasteiger partial charge in [-0.2, -0.15) is 0 Å². The van der Waals surface area contributed by atoms with Crippen LogP contribution < -0.4 is 4.90 Å². The van der Waals surface area contributed by atoms with Gasteiger partial charge >= 0.3 is 0 Å². The lowest BCUT2D eigenvalue weighted by molar-refractivity contribution is 0.0115. The predicted octanol–water partition coefficient (Wildman–Crippen LogP) is 3.30. The minimum Gasteiger partial charge on any atom is -0.379 e. The van der Waals surface area contributed by atoms with Crippen molar-refractivity contribution >= 4 is 16.7 Å². The van der Waals surface area contributed by atoms with Crippen LogP contribution in [0, 0.1) is 6.92 Å². The average molecular weight is 390 g/mol. The SMILES string of the molecule is Cc1nc(-c2ccc(N3CCC(N4CCOCC4)CC3)nc2)nc2ccccc12. The molecule has 0 spiro atoms. The van der Waals surface area contributed by atoms with E-state index >= 15 is 0 Å².